The van der Waals surface area contributed by atoms with Crippen molar-refractivity contribution in [1.29, 1.82) is 0 Å². The molecule has 0 aromatic heterocycles. The van der Waals surface area contributed by atoms with Crippen molar-refractivity contribution in [2.75, 3.05) is 0 Å². The van der Waals surface area contributed by atoms with Crippen molar-refractivity contribution >= 4 is 12.1 Å². The fourth-order valence-corrected chi connectivity index (χ4v) is 6.92. The Hall–Kier alpha value is -1.26. The van der Waals surface area contributed by atoms with Gasteiger partial charge in [0.15, 0.2) is 0 Å². The van der Waals surface area contributed by atoms with Crippen LogP contribution in [0.15, 0.2) is 0 Å². The molecular weight excluding hydrogens is 258 g/mol. The predicted molar refractivity (Wildman–Crippen MR) is 67.7 cm³/mol. The van der Waals surface area contributed by atoms with E-state index in [0.29, 0.717) is 17.8 Å². The molecule has 6 fully saturated rings. The van der Waals surface area contributed by atoms with Crippen molar-refractivity contribution in [3.05, 3.63) is 0 Å². The Labute approximate surface area is 117 Å². The van der Waals surface area contributed by atoms with Crippen molar-refractivity contribution in [1.82, 2.24) is 5.32 Å². The molecule has 6 aliphatic carbocycles. The summed E-state index contributed by atoms with van der Waals surface area (Å²) in [6.45, 7) is 5.35. The van der Waals surface area contributed by atoms with Gasteiger partial charge in [-0.15, -0.1) is 0 Å². The molecule has 0 aliphatic heterocycles. The fraction of sp³-hybridized carbons (Fsp3) is 0.867. The second-order valence-corrected chi connectivity index (χ2v) is 8.30. The van der Waals surface area contributed by atoms with Gasteiger partial charge in [0.1, 0.15) is 11.6 Å². The van der Waals surface area contributed by atoms with Crippen molar-refractivity contribution in [2.24, 2.45) is 46.8 Å². The summed E-state index contributed by atoms with van der Waals surface area (Å²) in [6, 6.07) is -0.748. The molecule has 0 heterocycles. The second kappa shape index (κ2) is 2.72. The molecule has 6 saturated carbocycles. The summed E-state index contributed by atoms with van der Waals surface area (Å²) in [4.78, 5) is 23.6. The Morgan fingerprint density at radius 3 is 2.00 bits per heavy atom. The van der Waals surface area contributed by atoms with Crippen LogP contribution in [-0.2, 0) is 9.53 Å². The van der Waals surface area contributed by atoms with Crippen LogP contribution in [0.4, 0.5) is 4.79 Å². The van der Waals surface area contributed by atoms with Gasteiger partial charge in [-0.05, 0) is 62.2 Å². The van der Waals surface area contributed by atoms with Crippen LogP contribution in [0.3, 0.4) is 0 Å². The Balaban J connectivity index is 1.36. The molecule has 0 bridgehead atoms. The SMILES string of the molecule is CC(C)(C)OC(=O)N[C@@H](C(=O)O)C12C3C4C5C3C1C5C42. The Morgan fingerprint density at radius 1 is 1.10 bits per heavy atom. The average Bonchev–Trinajstić information content (AvgIpc) is 2.33. The zero-order chi connectivity index (χ0) is 14.2. The van der Waals surface area contributed by atoms with E-state index in [1.54, 1.807) is 20.8 Å². The lowest BCUT2D eigenvalue weighted by atomic mass is 8.96. The number of carboxylic acids is 1. The summed E-state index contributed by atoms with van der Waals surface area (Å²) in [5, 5.41) is 12.2. The second-order valence-electron chi connectivity index (χ2n) is 8.30. The summed E-state index contributed by atoms with van der Waals surface area (Å²) in [7, 11) is 0. The van der Waals surface area contributed by atoms with Gasteiger partial charge in [-0.3, -0.25) is 0 Å². The molecule has 0 aromatic carbocycles. The Bertz CT molecular complexity index is 512. The first kappa shape index (κ1) is 11.4. The molecule has 1 atom stereocenters. The van der Waals surface area contributed by atoms with Gasteiger partial charge in [-0.1, -0.05) is 0 Å². The van der Waals surface area contributed by atoms with Gasteiger partial charge in [0.25, 0.3) is 0 Å². The number of hydrogen-bond donors (Lipinski definition) is 2. The predicted octanol–water partition coefficient (Wildman–Crippen LogP) is 1.33. The number of amides is 1. The lowest BCUT2D eigenvalue weighted by molar-refractivity contribution is -0.617. The van der Waals surface area contributed by atoms with Crippen LogP contribution in [0, 0.1) is 46.8 Å². The molecule has 0 saturated heterocycles. The summed E-state index contributed by atoms with van der Waals surface area (Å²) in [6.07, 6.45) is -0.599. The number of rotatable bonds is 3. The van der Waals surface area contributed by atoms with Crippen LogP contribution in [0.5, 0.6) is 0 Å². The molecule has 0 radical (unpaired) electrons. The number of carboxylic acid groups (broad SMARTS) is 1. The molecule has 0 spiro atoms. The molecule has 6 aliphatic rings. The molecule has 0 aromatic rings. The van der Waals surface area contributed by atoms with Gasteiger partial charge in [-0.25, -0.2) is 9.59 Å². The van der Waals surface area contributed by atoms with E-state index in [9.17, 15) is 14.7 Å². The Kier molecular flexibility index (Phi) is 1.55. The van der Waals surface area contributed by atoms with Crippen LogP contribution in [0.1, 0.15) is 20.8 Å². The van der Waals surface area contributed by atoms with Gasteiger partial charge >= 0.3 is 12.1 Å². The minimum Gasteiger partial charge on any atom is -0.480 e. The van der Waals surface area contributed by atoms with Gasteiger partial charge in [0.05, 0.1) is 0 Å². The summed E-state index contributed by atoms with van der Waals surface area (Å²) in [5.41, 5.74) is -0.698. The number of nitrogens with one attached hydrogen (secondary N) is 1. The molecule has 2 N–H and O–H groups in total. The van der Waals surface area contributed by atoms with Crippen LogP contribution in [-0.4, -0.2) is 28.8 Å². The lowest BCUT2D eigenvalue weighted by Gasteiger charge is -3.08. The maximum atomic E-state index is 11.9. The number of aliphatic carboxylic acids is 1. The van der Waals surface area contributed by atoms with E-state index in [2.05, 4.69) is 5.32 Å². The molecule has 1 amide bonds. The number of carbonyl (C=O) groups is 2. The minimum absolute atomic E-state index is 0.0997. The first-order chi connectivity index (χ1) is 9.30. The van der Waals surface area contributed by atoms with E-state index < -0.39 is 23.7 Å². The first-order valence-corrected chi connectivity index (χ1v) is 7.52. The van der Waals surface area contributed by atoms with E-state index in [0.717, 1.165) is 23.7 Å². The lowest BCUT2D eigenvalue weighted by Crippen LogP contribution is -3.08. The third kappa shape index (κ3) is 0.806. The largest absolute Gasteiger partial charge is 0.480 e. The molecule has 6 rings (SSSR count). The highest BCUT2D eigenvalue weighted by Gasteiger charge is 3.05. The fourth-order valence-electron chi connectivity index (χ4n) is 6.92. The topological polar surface area (TPSA) is 75.6 Å². The number of hydrogen-bond acceptors (Lipinski definition) is 3. The number of ether oxygens (including phenoxy) is 1. The van der Waals surface area contributed by atoms with E-state index >= 15 is 0 Å². The van der Waals surface area contributed by atoms with Crippen LogP contribution >= 0.6 is 0 Å². The average molecular weight is 277 g/mol. The monoisotopic (exact) mass is 277 g/mol. The van der Waals surface area contributed by atoms with Crippen LogP contribution in [0.2, 0.25) is 0 Å². The standard InChI is InChI=1S/C15H19NO4/c1-14(2,3)20-13(19)16-11(12(17)18)15-8-5-4-6(8)10(15)7(4)9(5)15/h4-11H,1-3H3,(H,16,19)(H,17,18)/t4?,5?,6?,7?,8?,9?,10?,11-,15?/m0/s1. The highest BCUT2D eigenvalue weighted by molar-refractivity contribution is 5.83. The summed E-state index contributed by atoms with van der Waals surface area (Å²) >= 11 is 0. The summed E-state index contributed by atoms with van der Waals surface area (Å²) < 4.78 is 5.22. The Morgan fingerprint density at radius 2 is 1.60 bits per heavy atom. The molecule has 20 heavy (non-hydrogen) atoms. The number of alkyl carbamates (subject to hydrolysis) is 1. The molecular formula is C15H19NO4. The van der Waals surface area contributed by atoms with Crippen LogP contribution in [0.25, 0.3) is 0 Å². The third-order valence-corrected chi connectivity index (χ3v) is 6.96. The first-order valence-electron chi connectivity index (χ1n) is 7.52. The highest BCUT2D eigenvalue weighted by atomic mass is 16.6. The molecule has 108 valence electrons. The van der Waals surface area contributed by atoms with Gasteiger partial charge in [-0.2, -0.15) is 0 Å². The van der Waals surface area contributed by atoms with E-state index in [-0.39, 0.29) is 5.41 Å². The summed E-state index contributed by atoms with van der Waals surface area (Å²) in [5.74, 6) is 4.21. The molecule has 5 nitrogen and oxygen atoms in total. The molecule has 0 unspecified atom stereocenters. The van der Waals surface area contributed by atoms with E-state index in [1.807, 2.05) is 0 Å². The maximum absolute atomic E-state index is 11.9. The van der Waals surface area contributed by atoms with Crippen molar-refractivity contribution < 1.29 is 19.4 Å². The van der Waals surface area contributed by atoms with Crippen LogP contribution < -0.4 is 5.32 Å². The zero-order valence-electron chi connectivity index (χ0n) is 11.8. The van der Waals surface area contributed by atoms with Crippen molar-refractivity contribution in [3.8, 4) is 0 Å². The van der Waals surface area contributed by atoms with Gasteiger partial charge in [0, 0.05) is 5.41 Å². The van der Waals surface area contributed by atoms with E-state index in [1.165, 1.54) is 0 Å². The highest BCUT2D eigenvalue weighted by Crippen LogP contribution is 3.06. The van der Waals surface area contributed by atoms with Gasteiger partial charge in [0.2, 0.25) is 0 Å². The third-order valence-electron chi connectivity index (χ3n) is 6.96. The maximum Gasteiger partial charge on any atom is 0.408 e. The van der Waals surface area contributed by atoms with E-state index in [4.69, 9.17) is 4.74 Å². The van der Waals surface area contributed by atoms with Gasteiger partial charge < -0.3 is 15.2 Å². The number of carbonyl (C=O) groups excluding carboxylic acids is 1. The molecule has 5 heteroatoms. The quantitative estimate of drug-likeness (QED) is 0.816. The normalized spacial score (nSPS) is 55.9. The van der Waals surface area contributed by atoms with Crippen molar-refractivity contribution in [2.45, 2.75) is 32.4 Å². The van der Waals surface area contributed by atoms with Crippen molar-refractivity contribution in [3.63, 3.8) is 0 Å². The zero-order valence-corrected chi connectivity index (χ0v) is 11.8. The minimum atomic E-state index is -0.897. The smallest absolute Gasteiger partial charge is 0.408 e.